The van der Waals surface area contributed by atoms with E-state index in [1.54, 1.807) is 12.2 Å². The van der Waals surface area contributed by atoms with E-state index < -0.39 is 23.6 Å². The van der Waals surface area contributed by atoms with Crippen LogP contribution in [0.3, 0.4) is 0 Å². The van der Waals surface area contributed by atoms with Crippen molar-refractivity contribution in [1.29, 1.82) is 0 Å². The maximum absolute atomic E-state index is 13.0. The number of nitrogens with zero attached hydrogens (tertiary/aromatic N) is 1. The number of halogens is 2. The lowest BCUT2D eigenvalue weighted by atomic mass is 10.2. The number of benzene rings is 1. The minimum Gasteiger partial charge on any atom is -0.480 e. The van der Waals surface area contributed by atoms with Gasteiger partial charge in [-0.15, -0.1) is 0 Å². The normalized spacial score (nSPS) is 20.2. The molecule has 19 heavy (non-hydrogen) atoms. The summed E-state index contributed by atoms with van der Waals surface area (Å²) in [5, 5.41) is 9.01. The maximum Gasteiger partial charge on any atom is 0.320 e. The highest BCUT2D eigenvalue weighted by Crippen LogP contribution is 2.17. The Morgan fingerprint density at radius 1 is 1.42 bits per heavy atom. The zero-order chi connectivity index (χ0) is 13.8. The highest BCUT2D eigenvalue weighted by atomic mass is 19.2. The molecular weight excluding hydrogens is 252 g/mol. The second kappa shape index (κ2) is 5.93. The van der Waals surface area contributed by atoms with Gasteiger partial charge in [-0.3, -0.25) is 9.69 Å². The second-order valence-electron chi connectivity index (χ2n) is 4.57. The van der Waals surface area contributed by atoms with Crippen molar-refractivity contribution < 1.29 is 18.7 Å². The molecule has 0 amide bonds. The third kappa shape index (κ3) is 3.38. The molecule has 1 atom stereocenters. The molecule has 1 heterocycles. The lowest BCUT2D eigenvalue weighted by molar-refractivity contribution is -0.141. The summed E-state index contributed by atoms with van der Waals surface area (Å²) in [6.07, 6.45) is 4.97. The smallest absolute Gasteiger partial charge is 0.320 e. The molecule has 1 fully saturated rings. The molecule has 1 aliphatic heterocycles. The minimum absolute atomic E-state index is 0.436. The van der Waals surface area contributed by atoms with Crippen molar-refractivity contribution in [3.05, 3.63) is 41.5 Å². The first kappa shape index (κ1) is 13.7. The molecule has 0 aromatic heterocycles. The number of hydrogen-bond acceptors (Lipinski definition) is 2. The first-order valence-corrected chi connectivity index (χ1v) is 6.16. The van der Waals surface area contributed by atoms with Crippen LogP contribution in [0, 0.1) is 11.6 Å². The van der Waals surface area contributed by atoms with E-state index in [9.17, 15) is 13.6 Å². The van der Waals surface area contributed by atoms with E-state index in [-0.39, 0.29) is 0 Å². The van der Waals surface area contributed by atoms with Crippen LogP contribution in [0.15, 0.2) is 24.3 Å². The highest BCUT2D eigenvalue weighted by molar-refractivity contribution is 5.73. The molecule has 1 aromatic carbocycles. The first-order chi connectivity index (χ1) is 9.08. The number of aliphatic carboxylic acids is 1. The number of hydrogen-bond donors (Lipinski definition) is 1. The Bertz CT molecular complexity index is 502. The molecule has 2 rings (SSSR count). The van der Waals surface area contributed by atoms with Crippen molar-refractivity contribution in [3.63, 3.8) is 0 Å². The lowest BCUT2D eigenvalue weighted by Gasteiger charge is -2.18. The third-order valence-corrected chi connectivity index (χ3v) is 3.24. The molecule has 5 heteroatoms. The Morgan fingerprint density at radius 3 is 2.89 bits per heavy atom. The van der Waals surface area contributed by atoms with Gasteiger partial charge in [0.2, 0.25) is 0 Å². The van der Waals surface area contributed by atoms with Crippen LogP contribution in [0.5, 0.6) is 0 Å². The van der Waals surface area contributed by atoms with Gasteiger partial charge in [-0.2, -0.15) is 0 Å². The Labute approximate surface area is 110 Å². The van der Waals surface area contributed by atoms with Crippen LogP contribution in [0.4, 0.5) is 8.78 Å². The van der Waals surface area contributed by atoms with Gasteiger partial charge in [0.25, 0.3) is 0 Å². The van der Waals surface area contributed by atoms with Crippen LogP contribution in [-0.2, 0) is 4.79 Å². The molecule has 0 aliphatic carbocycles. The summed E-state index contributed by atoms with van der Waals surface area (Å²) in [6.45, 7) is 1.25. The molecule has 0 saturated carbocycles. The SMILES string of the molecule is O=C(O)[C@H]1CCCN1C/C=C/c1ccc(F)c(F)c1. The van der Waals surface area contributed by atoms with Crippen LogP contribution in [0.2, 0.25) is 0 Å². The van der Waals surface area contributed by atoms with Crippen molar-refractivity contribution in [1.82, 2.24) is 4.90 Å². The Balaban J connectivity index is 1.96. The fraction of sp³-hybridized carbons (Fsp3) is 0.357. The van der Waals surface area contributed by atoms with E-state index in [0.717, 1.165) is 25.1 Å². The van der Waals surface area contributed by atoms with Crippen molar-refractivity contribution >= 4 is 12.0 Å². The van der Waals surface area contributed by atoms with Crippen molar-refractivity contribution in [2.24, 2.45) is 0 Å². The van der Waals surface area contributed by atoms with Gasteiger partial charge in [0.1, 0.15) is 6.04 Å². The third-order valence-electron chi connectivity index (χ3n) is 3.24. The summed E-state index contributed by atoms with van der Waals surface area (Å²) < 4.78 is 25.7. The number of carboxylic acids is 1. The molecular formula is C14H15F2NO2. The van der Waals surface area contributed by atoms with E-state index in [4.69, 9.17) is 5.11 Å². The molecule has 0 radical (unpaired) electrons. The minimum atomic E-state index is -0.883. The van der Waals surface area contributed by atoms with E-state index in [0.29, 0.717) is 18.5 Å². The largest absolute Gasteiger partial charge is 0.480 e. The predicted molar refractivity (Wildman–Crippen MR) is 67.6 cm³/mol. The fourth-order valence-electron chi connectivity index (χ4n) is 2.26. The zero-order valence-corrected chi connectivity index (χ0v) is 10.4. The van der Waals surface area contributed by atoms with Gasteiger partial charge >= 0.3 is 5.97 Å². The molecule has 1 N–H and O–H groups in total. The van der Waals surface area contributed by atoms with Crippen molar-refractivity contribution in [3.8, 4) is 0 Å². The van der Waals surface area contributed by atoms with E-state index in [1.165, 1.54) is 6.07 Å². The summed E-state index contributed by atoms with van der Waals surface area (Å²) >= 11 is 0. The van der Waals surface area contributed by atoms with Gasteiger partial charge < -0.3 is 5.11 Å². The highest BCUT2D eigenvalue weighted by Gasteiger charge is 2.29. The summed E-state index contributed by atoms with van der Waals surface area (Å²) in [7, 11) is 0. The van der Waals surface area contributed by atoms with Gasteiger partial charge in [-0.1, -0.05) is 18.2 Å². The van der Waals surface area contributed by atoms with Crippen molar-refractivity contribution in [2.45, 2.75) is 18.9 Å². The molecule has 1 aromatic rings. The Morgan fingerprint density at radius 2 is 2.21 bits per heavy atom. The van der Waals surface area contributed by atoms with Crippen LogP contribution in [0.1, 0.15) is 18.4 Å². The van der Waals surface area contributed by atoms with Crippen molar-refractivity contribution in [2.75, 3.05) is 13.1 Å². The summed E-state index contributed by atoms with van der Waals surface area (Å²) in [6, 6.07) is 3.23. The van der Waals surface area contributed by atoms with Crippen LogP contribution < -0.4 is 0 Å². The molecule has 102 valence electrons. The topological polar surface area (TPSA) is 40.5 Å². The molecule has 0 bridgehead atoms. The van der Waals surface area contributed by atoms with Crippen LogP contribution in [-0.4, -0.2) is 35.1 Å². The Kier molecular flexibility index (Phi) is 4.27. The predicted octanol–water partition coefficient (Wildman–Crippen LogP) is 2.53. The maximum atomic E-state index is 13.0. The monoisotopic (exact) mass is 267 g/mol. The Hall–Kier alpha value is -1.75. The first-order valence-electron chi connectivity index (χ1n) is 6.16. The molecule has 0 unspecified atom stereocenters. The average Bonchev–Trinajstić information content (AvgIpc) is 2.82. The number of rotatable bonds is 4. The van der Waals surface area contributed by atoms with E-state index >= 15 is 0 Å². The van der Waals surface area contributed by atoms with E-state index in [1.807, 2.05) is 4.90 Å². The van der Waals surface area contributed by atoms with Gasteiger partial charge in [0, 0.05) is 6.54 Å². The van der Waals surface area contributed by atoms with Gasteiger partial charge in [-0.25, -0.2) is 8.78 Å². The standard InChI is InChI=1S/C14H15F2NO2/c15-11-6-5-10(9-12(11)16)3-1-7-17-8-2-4-13(17)14(18)19/h1,3,5-6,9,13H,2,4,7-8H2,(H,18,19)/b3-1+/t13-/m1/s1. The summed E-state index contributed by atoms with van der Waals surface area (Å²) in [5.74, 6) is -2.56. The number of carbonyl (C=O) groups is 1. The average molecular weight is 267 g/mol. The van der Waals surface area contributed by atoms with Gasteiger partial charge in [-0.05, 0) is 37.1 Å². The van der Waals surface area contributed by atoms with Crippen LogP contribution >= 0.6 is 0 Å². The lowest BCUT2D eigenvalue weighted by Crippen LogP contribution is -2.35. The van der Waals surface area contributed by atoms with E-state index in [2.05, 4.69) is 0 Å². The fourth-order valence-corrected chi connectivity index (χ4v) is 2.26. The van der Waals surface area contributed by atoms with Gasteiger partial charge in [0.15, 0.2) is 11.6 Å². The van der Waals surface area contributed by atoms with Crippen LogP contribution in [0.25, 0.3) is 6.08 Å². The molecule has 3 nitrogen and oxygen atoms in total. The number of carboxylic acid groups (broad SMARTS) is 1. The molecule has 1 aliphatic rings. The molecule has 0 spiro atoms. The number of likely N-dealkylation sites (tertiary alicyclic amines) is 1. The molecule has 1 saturated heterocycles. The quantitative estimate of drug-likeness (QED) is 0.911. The van der Waals surface area contributed by atoms with Gasteiger partial charge in [0.05, 0.1) is 0 Å². The second-order valence-corrected chi connectivity index (χ2v) is 4.57. The zero-order valence-electron chi connectivity index (χ0n) is 10.4. The summed E-state index contributed by atoms with van der Waals surface area (Å²) in [4.78, 5) is 12.8. The summed E-state index contributed by atoms with van der Waals surface area (Å²) in [5.41, 5.74) is 0.560.